The quantitative estimate of drug-likeness (QED) is 0.921. The number of hydrogen-bond acceptors (Lipinski definition) is 4. The zero-order valence-electron chi connectivity index (χ0n) is 13.7. The molecule has 0 radical (unpaired) electrons. The van der Waals surface area contributed by atoms with Gasteiger partial charge in [0, 0.05) is 29.4 Å². The zero-order valence-corrected chi connectivity index (χ0v) is 14.4. The molecule has 1 aromatic heterocycles. The highest BCUT2D eigenvalue weighted by Crippen LogP contribution is 2.28. The first kappa shape index (κ1) is 16.9. The number of likely N-dealkylation sites (tertiary alicyclic amines) is 1. The van der Waals surface area contributed by atoms with Crippen LogP contribution in [0.1, 0.15) is 31.4 Å². The van der Waals surface area contributed by atoms with Crippen LogP contribution in [-0.2, 0) is 4.79 Å². The number of halogens is 1. The lowest BCUT2D eigenvalue weighted by atomic mass is 9.94. The Hall–Kier alpha value is -1.98. The number of piperidine rings is 1. The highest BCUT2D eigenvalue weighted by molar-refractivity contribution is 6.30. The van der Waals surface area contributed by atoms with Crippen molar-refractivity contribution in [1.29, 1.82) is 0 Å². The maximum Gasteiger partial charge on any atom is 0.229 e. The molecule has 0 spiro atoms. The van der Waals surface area contributed by atoms with E-state index < -0.39 is 0 Å². The average molecular weight is 345 g/mol. The molecular weight excluding hydrogens is 324 g/mol. The summed E-state index contributed by atoms with van der Waals surface area (Å²) in [5, 5.41) is 3.56. The fourth-order valence-electron chi connectivity index (χ4n) is 3.10. The van der Waals surface area contributed by atoms with Crippen LogP contribution in [0.5, 0.6) is 0 Å². The van der Waals surface area contributed by atoms with E-state index in [9.17, 15) is 4.79 Å². The van der Waals surface area contributed by atoms with Crippen molar-refractivity contribution >= 4 is 23.5 Å². The molecule has 24 heavy (non-hydrogen) atoms. The molecule has 3 rings (SSSR count). The fourth-order valence-corrected chi connectivity index (χ4v) is 3.30. The van der Waals surface area contributed by atoms with Crippen molar-refractivity contribution < 1.29 is 4.79 Å². The van der Waals surface area contributed by atoms with Gasteiger partial charge in [0.15, 0.2) is 0 Å². The second-order valence-electron chi connectivity index (χ2n) is 6.10. The van der Waals surface area contributed by atoms with Gasteiger partial charge in [-0.15, -0.1) is 0 Å². The van der Waals surface area contributed by atoms with Crippen molar-refractivity contribution in [1.82, 2.24) is 14.9 Å². The monoisotopic (exact) mass is 344 g/mol. The lowest BCUT2D eigenvalue weighted by Gasteiger charge is -2.35. The van der Waals surface area contributed by atoms with Crippen molar-refractivity contribution in [3.05, 3.63) is 53.3 Å². The summed E-state index contributed by atoms with van der Waals surface area (Å²) >= 11 is 6.09. The molecule has 0 bridgehead atoms. The molecule has 0 unspecified atom stereocenters. The van der Waals surface area contributed by atoms with E-state index in [1.54, 1.807) is 18.5 Å². The Kier molecular flexibility index (Phi) is 5.43. The number of carbonyl (C=O) groups excluding carboxylic acids is 1. The number of anilines is 1. The van der Waals surface area contributed by atoms with E-state index in [2.05, 4.69) is 33.2 Å². The van der Waals surface area contributed by atoms with Gasteiger partial charge in [0.2, 0.25) is 11.9 Å². The van der Waals surface area contributed by atoms with E-state index in [-0.39, 0.29) is 11.8 Å². The van der Waals surface area contributed by atoms with Gasteiger partial charge in [0.1, 0.15) is 0 Å². The van der Waals surface area contributed by atoms with E-state index in [1.165, 1.54) is 5.56 Å². The van der Waals surface area contributed by atoms with Crippen LogP contribution < -0.4 is 5.32 Å². The molecule has 1 N–H and O–H groups in total. The van der Waals surface area contributed by atoms with Crippen LogP contribution >= 0.6 is 11.6 Å². The van der Waals surface area contributed by atoms with Crippen LogP contribution in [0.15, 0.2) is 42.7 Å². The minimum Gasteiger partial charge on any atom is -0.297 e. The van der Waals surface area contributed by atoms with Gasteiger partial charge in [0.25, 0.3) is 0 Å². The van der Waals surface area contributed by atoms with Crippen molar-refractivity contribution in [2.75, 3.05) is 18.4 Å². The maximum absolute atomic E-state index is 12.3. The molecule has 0 aliphatic carbocycles. The first-order valence-electron chi connectivity index (χ1n) is 8.21. The number of hydrogen-bond donors (Lipinski definition) is 1. The number of aromatic nitrogens is 2. The number of nitrogens with zero attached hydrogens (tertiary/aromatic N) is 3. The molecule has 1 aromatic carbocycles. The summed E-state index contributed by atoms with van der Waals surface area (Å²) in [6.45, 7) is 3.96. The minimum atomic E-state index is 0.0104. The Bertz CT molecular complexity index is 686. The summed E-state index contributed by atoms with van der Waals surface area (Å²) in [6, 6.07) is 10.0. The van der Waals surface area contributed by atoms with Gasteiger partial charge in [-0.2, -0.15) is 0 Å². The summed E-state index contributed by atoms with van der Waals surface area (Å²) in [4.78, 5) is 22.8. The Morgan fingerprint density at radius 2 is 1.96 bits per heavy atom. The first-order valence-corrected chi connectivity index (χ1v) is 8.58. The Morgan fingerprint density at radius 3 is 2.62 bits per heavy atom. The van der Waals surface area contributed by atoms with Crippen molar-refractivity contribution in [3.63, 3.8) is 0 Å². The van der Waals surface area contributed by atoms with Crippen molar-refractivity contribution in [2.24, 2.45) is 5.92 Å². The third-order valence-electron chi connectivity index (χ3n) is 4.58. The molecule has 126 valence electrons. The van der Waals surface area contributed by atoms with Crippen LogP contribution in [0.4, 0.5) is 5.95 Å². The van der Waals surface area contributed by atoms with Gasteiger partial charge in [-0.3, -0.25) is 15.0 Å². The van der Waals surface area contributed by atoms with Gasteiger partial charge in [-0.25, -0.2) is 9.97 Å². The summed E-state index contributed by atoms with van der Waals surface area (Å²) in [7, 11) is 0. The molecule has 1 fully saturated rings. The molecule has 1 saturated heterocycles. The van der Waals surface area contributed by atoms with Crippen LogP contribution in [0.3, 0.4) is 0 Å². The number of rotatable bonds is 4. The van der Waals surface area contributed by atoms with Crippen molar-refractivity contribution in [3.8, 4) is 0 Å². The second-order valence-corrected chi connectivity index (χ2v) is 6.54. The summed E-state index contributed by atoms with van der Waals surface area (Å²) in [5.41, 5.74) is 1.21. The van der Waals surface area contributed by atoms with E-state index in [1.807, 2.05) is 18.2 Å². The van der Waals surface area contributed by atoms with Gasteiger partial charge >= 0.3 is 0 Å². The largest absolute Gasteiger partial charge is 0.297 e. The molecule has 6 heteroatoms. The average Bonchev–Trinajstić information content (AvgIpc) is 2.62. The normalized spacial score (nSPS) is 17.4. The van der Waals surface area contributed by atoms with E-state index in [4.69, 9.17) is 11.6 Å². The van der Waals surface area contributed by atoms with Gasteiger partial charge < -0.3 is 0 Å². The Balaban J connectivity index is 1.54. The van der Waals surface area contributed by atoms with E-state index in [0.29, 0.717) is 12.0 Å². The second kappa shape index (κ2) is 7.73. The predicted octanol–water partition coefficient (Wildman–Crippen LogP) is 3.54. The third-order valence-corrected chi connectivity index (χ3v) is 4.82. The maximum atomic E-state index is 12.3. The molecular formula is C18H21ClN4O. The Morgan fingerprint density at radius 1 is 1.25 bits per heavy atom. The van der Waals surface area contributed by atoms with Gasteiger partial charge in [-0.05, 0) is 56.6 Å². The van der Waals surface area contributed by atoms with E-state index >= 15 is 0 Å². The SMILES string of the molecule is C[C@H](c1cccc(Cl)c1)N1CCC(C(=O)Nc2ncccn2)CC1. The van der Waals surface area contributed by atoms with Crippen LogP contribution in [0.2, 0.25) is 5.02 Å². The summed E-state index contributed by atoms with van der Waals surface area (Å²) < 4.78 is 0. The highest BCUT2D eigenvalue weighted by Gasteiger charge is 2.28. The third kappa shape index (κ3) is 4.10. The first-order chi connectivity index (χ1) is 11.6. The molecule has 1 amide bonds. The molecule has 5 nitrogen and oxygen atoms in total. The number of amides is 1. The standard InChI is InChI=1S/C18H21ClN4O/c1-13(15-4-2-5-16(19)12-15)23-10-6-14(7-11-23)17(24)22-18-20-8-3-9-21-18/h2-5,8-9,12-14H,6-7,10-11H2,1H3,(H,20,21,22,24)/t13-/m1/s1. The van der Waals surface area contributed by atoms with Crippen LogP contribution in [0.25, 0.3) is 0 Å². The molecule has 0 saturated carbocycles. The number of benzene rings is 1. The predicted molar refractivity (Wildman–Crippen MR) is 94.8 cm³/mol. The van der Waals surface area contributed by atoms with Crippen LogP contribution in [-0.4, -0.2) is 33.9 Å². The zero-order chi connectivity index (χ0) is 16.9. The molecule has 1 aliphatic rings. The molecule has 1 atom stereocenters. The number of carbonyl (C=O) groups is 1. The Labute approximate surface area is 147 Å². The van der Waals surface area contributed by atoms with Gasteiger partial charge in [-0.1, -0.05) is 23.7 Å². The number of nitrogens with one attached hydrogen (secondary N) is 1. The lowest BCUT2D eigenvalue weighted by molar-refractivity contribution is -0.121. The minimum absolute atomic E-state index is 0.0104. The fraction of sp³-hybridized carbons (Fsp3) is 0.389. The summed E-state index contributed by atoms with van der Waals surface area (Å²) in [5.74, 6) is 0.394. The lowest BCUT2D eigenvalue weighted by Crippen LogP contribution is -2.39. The summed E-state index contributed by atoms with van der Waals surface area (Å²) in [6.07, 6.45) is 4.92. The topological polar surface area (TPSA) is 58.1 Å². The van der Waals surface area contributed by atoms with Crippen molar-refractivity contribution in [2.45, 2.75) is 25.8 Å². The van der Waals surface area contributed by atoms with E-state index in [0.717, 1.165) is 31.0 Å². The van der Waals surface area contributed by atoms with Crippen LogP contribution in [0, 0.1) is 5.92 Å². The molecule has 2 aromatic rings. The smallest absolute Gasteiger partial charge is 0.229 e. The molecule has 1 aliphatic heterocycles. The molecule has 2 heterocycles. The highest BCUT2D eigenvalue weighted by atomic mass is 35.5. The van der Waals surface area contributed by atoms with Gasteiger partial charge in [0.05, 0.1) is 0 Å².